The Hall–Kier alpha value is -0.300. The highest BCUT2D eigenvalue weighted by Gasteiger charge is 2.22. The van der Waals surface area contributed by atoms with Gasteiger partial charge in [0.1, 0.15) is 0 Å². The van der Waals surface area contributed by atoms with Crippen LogP contribution in [0.1, 0.15) is 48.8 Å². The predicted molar refractivity (Wildman–Crippen MR) is 78.9 cm³/mol. The van der Waals surface area contributed by atoms with Gasteiger partial charge in [0, 0.05) is 4.83 Å². The van der Waals surface area contributed by atoms with Crippen molar-refractivity contribution >= 4 is 15.9 Å². The molecule has 0 amide bonds. The van der Waals surface area contributed by atoms with Crippen molar-refractivity contribution in [1.29, 1.82) is 0 Å². The summed E-state index contributed by atoms with van der Waals surface area (Å²) in [6.45, 7) is 4.39. The largest absolute Gasteiger partial charge is 0.0888 e. The van der Waals surface area contributed by atoms with E-state index in [1.807, 2.05) is 0 Å². The average molecular weight is 295 g/mol. The fourth-order valence-corrected chi connectivity index (χ4v) is 3.83. The highest BCUT2D eigenvalue weighted by molar-refractivity contribution is 9.09. The highest BCUT2D eigenvalue weighted by atomic mass is 79.9. The first-order valence-corrected chi connectivity index (χ1v) is 7.78. The van der Waals surface area contributed by atoms with Gasteiger partial charge in [0.2, 0.25) is 0 Å². The van der Waals surface area contributed by atoms with Crippen LogP contribution in [0.3, 0.4) is 0 Å². The van der Waals surface area contributed by atoms with Gasteiger partial charge in [0.25, 0.3) is 0 Å². The lowest BCUT2D eigenvalue weighted by molar-refractivity contribution is 0.506. The van der Waals surface area contributed by atoms with Crippen molar-refractivity contribution in [2.24, 2.45) is 5.92 Å². The predicted octanol–water partition coefficient (Wildman–Crippen LogP) is 5.19. The third kappa shape index (κ3) is 3.84. The molecular weight excluding hydrogens is 272 g/mol. The summed E-state index contributed by atoms with van der Waals surface area (Å²) < 4.78 is 0. The molecule has 2 rings (SSSR count). The van der Waals surface area contributed by atoms with Crippen molar-refractivity contribution in [2.75, 3.05) is 0 Å². The van der Waals surface area contributed by atoms with Crippen LogP contribution in [0.4, 0.5) is 0 Å². The topological polar surface area (TPSA) is 0 Å². The molecule has 1 aliphatic carbocycles. The zero-order valence-electron chi connectivity index (χ0n) is 11.0. The van der Waals surface area contributed by atoms with Crippen molar-refractivity contribution in [3.8, 4) is 0 Å². The van der Waals surface area contributed by atoms with Crippen molar-refractivity contribution in [1.82, 2.24) is 0 Å². The Kier molecular flexibility index (Phi) is 4.67. The number of halogens is 1. The van der Waals surface area contributed by atoms with E-state index in [9.17, 15) is 0 Å². The highest BCUT2D eigenvalue weighted by Crippen LogP contribution is 2.33. The number of alkyl halides is 1. The van der Waals surface area contributed by atoms with Crippen LogP contribution in [0.5, 0.6) is 0 Å². The molecule has 0 aromatic heterocycles. The Balaban J connectivity index is 1.88. The van der Waals surface area contributed by atoms with Gasteiger partial charge in [-0.25, -0.2) is 0 Å². The molecule has 0 saturated heterocycles. The van der Waals surface area contributed by atoms with Crippen LogP contribution in [0.15, 0.2) is 18.2 Å². The minimum absolute atomic E-state index is 0.728. The third-order valence-electron chi connectivity index (χ3n) is 3.90. The van der Waals surface area contributed by atoms with E-state index in [0.717, 1.165) is 10.7 Å². The fraction of sp³-hybridized carbons (Fsp3) is 0.625. The summed E-state index contributed by atoms with van der Waals surface area (Å²) in [4.78, 5) is 0.728. The van der Waals surface area contributed by atoms with E-state index in [1.54, 1.807) is 0 Å². The molecule has 0 aliphatic heterocycles. The van der Waals surface area contributed by atoms with Crippen LogP contribution in [0.25, 0.3) is 0 Å². The second-order valence-electron chi connectivity index (χ2n) is 5.60. The molecule has 0 spiro atoms. The molecule has 17 heavy (non-hydrogen) atoms. The molecule has 1 fully saturated rings. The molecule has 1 aliphatic rings. The lowest BCUT2D eigenvalue weighted by Crippen LogP contribution is -2.11. The monoisotopic (exact) mass is 294 g/mol. The van der Waals surface area contributed by atoms with Crippen LogP contribution < -0.4 is 0 Å². The second-order valence-corrected chi connectivity index (χ2v) is 6.77. The molecule has 94 valence electrons. The summed E-state index contributed by atoms with van der Waals surface area (Å²) in [5.41, 5.74) is 4.30. The Bertz CT molecular complexity index is 344. The molecule has 1 aromatic rings. The maximum absolute atomic E-state index is 3.90. The normalized spacial score (nSPS) is 18.5. The quantitative estimate of drug-likeness (QED) is 0.671. The maximum atomic E-state index is 3.90. The molecule has 0 nitrogen and oxygen atoms in total. The van der Waals surface area contributed by atoms with Gasteiger partial charge in [-0.1, -0.05) is 58.1 Å². The summed E-state index contributed by atoms with van der Waals surface area (Å²) in [5.74, 6) is 0.931. The van der Waals surface area contributed by atoms with Crippen LogP contribution >= 0.6 is 15.9 Å². The van der Waals surface area contributed by atoms with Gasteiger partial charge in [-0.15, -0.1) is 0 Å². The van der Waals surface area contributed by atoms with Crippen LogP contribution in [-0.4, -0.2) is 4.83 Å². The molecule has 0 heterocycles. The Morgan fingerprint density at radius 3 is 2.29 bits per heavy atom. The van der Waals surface area contributed by atoms with Crippen molar-refractivity contribution in [3.63, 3.8) is 0 Å². The van der Waals surface area contributed by atoms with Gasteiger partial charge in [-0.05, 0) is 51.0 Å². The van der Waals surface area contributed by atoms with Gasteiger partial charge >= 0.3 is 0 Å². The lowest BCUT2D eigenvalue weighted by atomic mass is 9.97. The van der Waals surface area contributed by atoms with Gasteiger partial charge in [0.15, 0.2) is 0 Å². The minimum atomic E-state index is 0.728. The zero-order chi connectivity index (χ0) is 12.3. The summed E-state index contributed by atoms with van der Waals surface area (Å²) in [6.07, 6.45) is 8.25. The molecule has 0 bridgehead atoms. The summed E-state index contributed by atoms with van der Waals surface area (Å²) in [5, 5.41) is 0. The number of hydrogen-bond acceptors (Lipinski definition) is 0. The number of benzene rings is 1. The molecule has 0 N–H and O–H groups in total. The Morgan fingerprint density at radius 2 is 1.71 bits per heavy atom. The first-order valence-electron chi connectivity index (χ1n) is 6.86. The van der Waals surface area contributed by atoms with E-state index >= 15 is 0 Å². The van der Waals surface area contributed by atoms with Crippen LogP contribution in [-0.2, 0) is 6.42 Å². The van der Waals surface area contributed by atoms with E-state index in [1.165, 1.54) is 55.2 Å². The third-order valence-corrected chi connectivity index (χ3v) is 5.11. The van der Waals surface area contributed by atoms with Crippen molar-refractivity contribution in [3.05, 3.63) is 34.9 Å². The molecule has 1 aromatic carbocycles. The van der Waals surface area contributed by atoms with Crippen LogP contribution in [0, 0.1) is 19.8 Å². The van der Waals surface area contributed by atoms with Gasteiger partial charge in [-0.2, -0.15) is 0 Å². The maximum Gasteiger partial charge on any atom is 0.0177 e. The van der Waals surface area contributed by atoms with Crippen LogP contribution in [0.2, 0.25) is 0 Å². The van der Waals surface area contributed by atoms with Gasteiger partial charge in [-0.3, -0.25) is 0 Å². The van der Waals surface area contributed by atoms with Crippen molar-refractivity contribution in [2.45, 2.75) is 57.2 Å². The van der Waals surface area contributed by atoms with E-state index in [0.29, 0.717) is 0 Å². The SMILES string of the molecule is Cc1cc(C)cc(CCC(Br)C2CCCC2)c1. The van der Waals surface area contributed by atoms with E-state index < -0.39 is 0 Å². The Morgan fingerprint density at radius 1 is 1.12 bits per heavy atom. The molecule has 1 heteroatoms. The molecular formula is C16H23Br. The summed E-state index contributed by atoms with van der Waals surface area (Å²) in [6, 6.07) is 6.93. The van der Waals surface area contributed by atoms with E-state index in [-0.39, 0.29) is 0 Å². The lowest BCUT2D eigenvalue weighted by Gasteiger charge is -2.17. The average Bonchev–Trinajstić information content (AvgIpc) is 2.78. The minimum Gasteiger partial charge on any atom is -0.0888 e. The standard InChI is InChI=1S/C16H23Br/c1-12-9-13(2)11-14(10-12)7-8-16(17)15-5-3-4-6-15/h9-11,15-16H,3-8H2,1-2H3. The summed E-state index contributed by atoms with van der Waals surface area (Å²) in [7, 11) is 0. The first kappa shape index (κ1) is 13.1. The smallest absolute Gasteiger partial charge is 0.0177 e. The fourth-order valence-electron chi connectivity index (χ4n) is 3.07. The number of rotatable bonds is 4. The molecule has 0 radical (unpaired) electrons. The van der Waals surface area contributed by atoms with E-state index in [2.05, 4.69) is 48.0 Å². The molecule has 1 saturated carbocycles. The Labute approximate surface area is 114 Å². The van der Waals surface area contributed by atoms with Gasteiger partial charge < -0.3 is 0 Å². The zero-order valence-corrected chi connectivity index (χ0v) is 12.6. The number of aryl methyl sites for hydroxylation is 3. The molecule has 1 unspecified atom stereocenters. The molecule has 1 atom stereocenters. The second kappa shape index (κ2) is 6.04. The number of hydrogen-bond donors (Lipinski definition) is 0. The van der Waals surface area contributed by atoms with Crippen molar-refractivity contribution < 1.29 is 0 Å². The van der Waals surface area contributed by atoms with Gasteiger partial charge in [0.05, 0.1) is 0 Å². The first-order chi connectivity index (χ1) is 8.15. The van der Waals surface area contributed by atoms with E-state index in [4.69, 9.17) is 0 Å². The summed E-state index contributed by atoms with van der Waals surface area (Å²) >= 11 is 3.90.